The fourth-order valence-corrected chi connectivity index (χ4v) is 4.27. The number of aromatic nitrogens is 2. The molecule has 0 saturated carbocycles. The van der Waals surface area contributed by atoms with E-state index in [1.807, 2.05) is 54.2 Å². The molecule has 1 aromatic heterocycles. The Morgan fingerprint density at radius 3 is 2.63 bits per heavy atom. The van der Waals surface area contributed by atoms with Gasteiger partial charge in [-0.05, 0) is 17.7 Å². The average Bonchev–Trinajstić information content (AvgIpc) is 3.30. The zero-order valence-corrected chi connectivity index (χ0v) is 17.6. The van der Waals surface area contributed by atoms with Crippen molar-refractivity contribution in [3.8, 4) is 5.75 Å². The predicted molar refractivity (Wildman–Crippen MR) is 117 cm³/mol. The third-order valence-corrected chi connectivity index (χ3v) is 5.89. The van der Waals surface area contributed by atoms with E-state index in [1.165, 1.54) is 0 Å². The Labute approximate surface area is 179 Å². The topological polar surface area (TPSA) is 80.5 Å². The minimum Gasteiger partial charge on any atom is -0.496 e. The van der Waals surface area contributed by atoms with Crippen molar-refractivity contribution in [2.45, 2.75) is 12.5 Å². The molecule has 2 heterocycles. The van der Waals surface area contributed by atoms with Crippen LogP contribution in [0.1, 0.15) is 27.9 Å². The number of rotatable bonds is 7. The van der Waals surface area contributed by atoms with Crippen molar-refractivity contribution >= 4 is 23.7 Å². The smallest absolute Gasteiger partial charge is 0.318 e. The van der Waals surface area contributed by atoms with Gasteiger partial charge in [-0.2, -0.15) is 11.8 Å². The molecule has 4 rings (SSSR count). The van der Waals surface area contributed by atoms with Crippen LogP contribution in [0.5, 0.6) is 5.75 Å². The standard InChI is InChI=1S/C22H24N4O3S/c1-28-19-10-6-5-9-17(19)20(27)23-18(15-16-7-3-2-4-8-16)21-24-25-22(29-21)26-11-13-30-14-12-26/h2-10,18H,11-15H2,1H3,(H,23,27)/t18-/m0/s1. The summed E-state index contributed by atoms with van der Waals surface area (Å²) < 4.78 is 11.3. The van der Waals surface area contributed by atoms with Gasteiger partial charge in [0.2, 0.25) is 5.89 Å². The summed E-state index contributed by atoms with van der Waals surface area (Å²) in [4.78, 5) is 15.1. The molecular weight excluding hydrogens is 400 g/mol. The largest absolute Gasteiger partial charge is 0.496 e. The summed E-state index contributed by atoms with van der Waals surface area (Å²) in [7, 11) is 1.55. The number of hydrogen-bond donors (Lipinski definition) is 1. The van der Waals surface area contributed by atoms with Gasteiger partial charge in [-0.15, -0.1) is 5.10 Å². The van der Waals surface area contributed by atoms with E-state index >= 15 is 0 Å². The lowest BCUT2D eigenvalue weighted by atomic mass is 10.1. The van der Waals surface area contributed by atoms with Crippen LogP contribution in [0.15, 0.2) is 59.0 Å². The van der Waals surface area contributed by atoms with Crippen LogP contribution >= 0.6 is 11.8 Å². The van der Waals surface area contributed by atoms with E-state index in [0.717, 1.165) is 30.2 Å². The number of para-hydroxylation sites is 1. The van der Waals surface area contributed by atoms with Gasteiger partial charge in [0, 0.05) is 31.0 Å². The molecule has 3 aromatic rings. The molecule has 8 heteroatoms. The van der Waals surface area contributed by atoms with Crippen molar-refractivity contribution in [2.75, 3.05) is 36.6 Å². The molecule has 1 aliphatic heterocycles. The Balaban J connectivity index is 1.58. The van der Waals surface area contributed by atoms with Crippen LogP contribution < -0.4 is 15.0 Å². The normalized spacial score (nSPS) is 14.9. The third kappa shape index (κ3) is 4.76. The first-order valence-corrected chi connectivity index (χ1v) is 11.0. The lowest BCUT2D eigenvalue weighted by molar-refractivity contribution is 0.0927. The number of amides is 1. The van der Waals surface area contributed by atoms with Crippen LogP contribution in [0.4, 0.5) is 6.01 Å². The van der Waals surface area contributed by atoms with Gasteiger partial charge in [0.05, 0.1) is 12.7 Å². The molecule has 0 bridgehead atoms. The maximum Gasteiger partial charge on any atom is 0.318 e. The number of anilines is 1. The van der Waals surface area contributed by atoms with Crippen molar-refractivity contribution in [2.24, 2.45) is 0 Å². The first-order valence-electron chi connectivity index (χ1n) is 9.88. The van der Waals surface area contributed by atoms with Gasteiger partial charge < -0.3 is 19.4 Å². The van der Waals surface area contributed by atoms with Crippen molar-refractivity contribution in [1.82, 2.24) is 15.5 Å². The van der Waals surface area contributed by atoms with Gasteiger partial charge >= 0.3 is 6.01 Å². The minimum atomic E-state index is -0.453. The number of carbonyl (C=O) groups is 1. The molecule has 0 aliphatic carbocycles. The fourth-order valence-electron chi connectivity index (χ4n) is 3.37. The second kappa shape index (κ2) is 9.67. The van der Waals surface area contributed by atoms with Crippen LogP contribution in [-0.4, -0.2) is 47.8 Å². The highest BCUT2D eigenvalue weighted by atomic mass is 32.2. The maximum atomic E-state index is 13.0. The molecule has 0 unspecified atom stereocenters. The maximum absolute atomic E-state index is 13.0. The number of nitrogens with one attached hydrogen (secondary N) is 1. The van der Waals surface area contributed by atoms with Crippen LogP contribution in [0.2, 0.25) is 0 Å². The zero-order chi connectivity index (χ0) is 20.8. The number of thioether (sulfide) groups is 1. The van der Waals surface area contributed by atoms with E-state index in [1.54, 1.807) is 19.2 Å². The van der Waals surface area contributed by atoms with Gasteiger partial charge in [-0.3, -0.25) is 4.79 Å². The predicted octanol–water partition coefficient (Wildman–Crippen LogP) is 3.35. The van der Waals surface area contributed by atoms with E-state index in [4.69, 9.17) is 9.15 Å². The minimum absolute atomic E-state index is 0.248. The van der Waals surface area contributed by atoms with Crippen LogP contribution in [0.3, 0.4) is 0 Å². The molecule has 2 aromatic carbocycles. The molecule has 1 amide bonds. The van der Waals surface area contributed by atoms with Crippen LogP contribution in [0.25, 0.3) is 0 Å². The van der Waals surface area contributed by atoms with E-state index in [2.05, 4.69) is 20.4 Å². The molecule has 1 saturated heterocycles. The quantitative estimate of drug-likeness (QED) is 0.623. The van der Waals surface area contributed by atoms with Crippen LogP contribution in [-0.2, 0) is 6.42 Å². The molecule has 30 heavy (non-hydrogen) atoms. The molecule has 7 nitrogen and oxygen atoms in total. The molecule has 0 spiro atoms. The van der Waals surface area contributed by atoms with Gasteiger partial charge in [0.15, 0.2) is 0 Å². The molecule has 1 aliphatic rings. The summed E-state index contributed by atoms with van der Waals surface area (Å²) in [5.41, 5.74) is 1.53. The summed E-state index contributed by atoms with van der Waals surface area (Å²) in [5.74, 6) is 2.74. The summed E-state index contributed by atoms with van der Waals surface area (Å²) in [6.07, 6.45) is 0.541. The Kier molecular flexibility index (Phi) is 6.53. The summed E-state index contributed by atoms with van der Waals surface area (Å²) in [6.45, 7) is 1.76. The summed E-state index contributed by atoms with van der Waals surface area (Å²) >= 11 is 1.92. The lowest BCUT2D eigenvalue weighted by Crippen LogP contribution is -2.32. The Bertz CT molecular complexity index is 973. The number of hydrogen-bond acceptors (Lipinski definition) is 7. The van der Waals surface area contributed by atoms with Crippen LogP contribution in [0, 0.1) is 0 Å². The second-order valence-electron chi connectivity index (χ2n) is 6.94. The molecule has 156 valence electrons. The lowest BCUT2D eigenvalue weighted by Gasteiger charge is -2.24. The summed E-state index contributed by atoms with van der Waals surface area (Å²) in [5, 5.41) is 11.6. The highest BCUT2D eigenvalue weighted by molar-refractivity contribution is 7.99. The van der Waals surface area contributed by atoms with Gasteiger partial charge in [0.1, 0.15) is 11.8 Å². The number of methoxy groups -OCH3 is 1. The zero-order valence-electron chi connectivity index (χ0n) is 16.8. The van der Waals surface area contributed by atoms with E-state index in [9.17, 15) is 4.79 Å². The third-order valence-electron chi connectivity index (χ3n) is 4.95. The monoisotopic (exact) mass is 424 g/mol. The number of nitrogens with zero attached hydrogens (tertiary/aromatic N) is 3. The molecular formula is C22H24N4O3S. The Morgan fingerprint density at radius 1 is 1.13 bits per heavy atom. The van der Waals surface area contributed by atoms with Crippen molar-refractivity contribution < 1.29 is 13.9 Å². The Hall–Kier alpha value is -3.00. The molecule has 1 N–H and O–H groups in total. The van der Waals surface area contributed by atoms with E-state index in [-0.39, 0.29) is 5.91 Å². The van der Waals surface area contributed by atoms with Gasteiger partial charge in [-0.25, -0.2) is 0 Å². The van der Waals surface area contributed by atoms with Gasteiger partial charge in [0.25, 0.3) is 5.91 Å². The second-order valence-corrected chi connectivity index (χ2v) is 8.16. The first-order chi connectivity index (χ1) is 14.7. The average molecular weight is 425 g/mol. The highest BCUT2D eigenvalue weighted by Crippen LogP contribution is 2.25. The molecule has 1 atom stereocenters. The Morgan fingerprint density at radius 2 is 1.87 bits per heavy atom. The van der Waals surface area contributed by atoms with Crippen molar-refractivity contribution in [1.29, 1.82) is 0 Å². The van der Waals surface area contributed by atoms with E-state index in [0.29, 0.717) is 29.6 Å². The fraction of sp³-hybridized carbons (Fsp3) is 0.318. The SMILES string of the molecule is COc1ccccc1C(=O)N[C@@H](Cc1ccccc1)c1nnc(N2CCSCC2)o1. The van der Waals surface area contributed by atoms with E-state index < -0.39 is 6.04 Å². The number of benzene rings is 2. The first kappa shape index (κ1) is 20.3. The molecule has 0 radical (unpaired) electrons. The van der Waals surface area contributed by atoms with Crippen molar-refractivity contribution in [3.63, 3.8) is 0 Å². The summed E-state index contributed by atoms with van der Waals surface area (Å²) in [6, 6.07) is 17.1. The molecule has 1 fully saturated rings. The number of carbonyl (C=O) groups excluding carboxylic acids is 1. The number of ether oxygens (including phenoxy) is 1. The van der Waals surface area contributed by atoms with Gasteiger partial charge in [-0.1, -0.05) is 47.6 Å². The highest BCUT2D eigenvalue weighted by Gasteiger charge is 2.25. The van der Waals surface area contributed by atoms with Crippen molar-refractivity contribution in [3.05, 3.63) is 71.6 Å².